The SMILES string of the molecule is CCC(C)C(=O)OCCCCCCCCCCCCOc1ccc2c(C)c(C#N)c(=O)oc2c1. The van der Waals surface area contributed by atoms with E-state index in [-0.39, 0.29) is 17.5 Å². The zero-order chi connectivity index (χ0) is 24.8. The van der Waals surface area contributed by atoms with Crippen molar-refractivity contribution < 1.29 is 18.7 Å². The number of unbranched alkanes of at least 4 members (excludes halogenated alkanes) is 9. The first-order valence-electron chi connectivity index (χ1n) is 12.7. The van der Waals surface area contributed by atoms with Gasteiger partial charge >= 0.3 is 11.6 Å². The van der Waals surface area contributed by atoms with Gasteiger partial charge in [0.15, 0.2) is 0 Å². The van der Waals surface area contributed by atoms with Gasteiger partial charge in [0.05, 0.1) is 19.1 Å². The van der Waals surface area contributed by atoms with Gasteiger partial charge in [0.25, 0.3) is 0 Å². The number of esters is 1. The van der Waals surface area contributed by atoms with Gasteiger partial charge in [-0.3, -0.25) is 4.79 Å². The summed E-state index contributed by atoms with van der Waals surface area (Å²) < 4.78 is 16.4. The number of ether oxygens (including phenoxy) is 2. The van der Waals surface area contributed by atoms with Gasteiger partial charge in [0, 0.05) is 11.5 Å². The van der Waals surface area contributed by atoms with Crippen molar-refractivity contribution in [3.05, 3.63) is 39.7 Å². The number of hydrogen-bond donors (Lipinski definition) is 0. The molecule has 0 spiro atoms. The van der Waals surface area contributed by atoms with E-state index in [0.717, 1.165) is 37.5 Å². The van der Waals surface area contributed by atoms with Crippen LogP contribution < -0.4 is 10.4 Å². The maximum Gasteiger partial charge on any atom is 0.354 e. The van der Waals surface area contributed by atoms with E-state index in [4.69, 9.17) is 19.2 Å². The minimum atomic E-state index is -0.604. The molecule has 1 atom stereocenters. The van der Waals surface area contributed by atoms with Crippen molar-refractivity contribution in [2.45, 2.75) is 91.4 Å². The molecule has 34 heavy (non-hydrogen) atoms. The van der Waals surface area contributed by atoms with E-state index in [1.54, 1.807) is 13.0 Å². The van der Waals surface area contributed by atoms with Gasteiger partial charge in [0.2, 0.25) is 0 Å². The molecule has 6 nitrogen and oxygen atoms in total. The third-order valence-corrected chi connectivity index (χ3v) is 6.32. The maximum atomic E-state index is 11.9. The van der Waals surface area contributed by atoms with Gasteiger partial charge in [-0.1, -0.05) is 65.2 Å². The topological polar surface area (TPSA) is 89.5 Å². The Bertz CT molecular complexity index is 1000. The number of fused-ring (bicyclic) bond motifs is 1. The van der Waals surface area contributed by atoms with E-state index in [2.05, 4.69) is 0 Å². The zero-order valence-electron chi connectivity index (χ0n) is 21.0. The summed E-state index contributed by atoms with van der Waals surface area (Å²) >= 11 is 0. The summed E-state index contributed by atoms with van der Waals surface area (Å²) in [7, 11) is 0. The number of aryl methyl sites for hydroxylation is 1. The molecule has 0 saturated heterocycles. The molecule has 0 N–H and O–H groups in total. The van der Waals surface area contributed by atoms with Crippen LogP contribution in [0.2, 0.25) is 0 Å². The lowest BCUT2D eigenvalue weighted by Crippen LogP contribution is -2.14. The quantitative estimate of drug-likeness (QED) is 0.152. The third kappa shape index (κ3) is 8.85. The summed E-state index contributed by atoms with van der Waals surface area (Å²) in [6, 6.07) is 7.32. The van der Waals surface area contributed by atoms with Crippen molar-refractivity contribution >= 4 is 16.9 Å². The maximum absolute atomic E-state index is 11.9. The Kier molecular flexibility index (Phi) is 12.2. The zero-order valence-corrected chi connectivity index (χ0v) is 21.0. The van der Waals surface area contributed by atoms with Crippen molar-refractivity contribution in [2.24, 2.45) is 5.92 Å². The predicted molar refractivity (Wildman–Crippen MR) is 134 cm³/mol. The Morgan fingerprint density at radius 3 is 2.18 bits per heavy atom. The number of carbonyl (C=O) groups excluding carboxylic acids is 1. The highest BCUT2D eigenvalue weighted by Crippen LogP contribution is 2.24. The van der Waals surface area contributed by atoms with Crippen molar-refractivity contribution in [1.82, 2.24) is 0 Å². The lowest BCUT2D eigenvalue weighted by Gasteiger charge is -2.09. The Labute approximate surface area is 203 Å². The first-order chi connectivity index (χ1) is 16.5. The Hall–Kier alpha value is -2.81. The molecule has 2 rings (SSSR count). The largest absolute Gasteiger partial charge is 0.493 e. The molecule has 0 bridgehead atoms. The van der Waals surface area contributed by atoms with Crippen molar-refractivity contribution in [2.75, 3.05) is 13.2 Å². The molecule has 1 aromatic carbocycles. The van der Waals surface area contributed by atoms with Crippen molar-refractivity contribution in [3.63, 3.8) is 0 Å². The van der Waals surface area contributed by atoms with E-state index in [1.807, 2.05) is 32.0 Å². The Balaban J connectivity index is 1.49. The first-order valence-corrected chi connectivity index (χ1v) is 12.7. The van der Waals surface area contributed by atoms with Crippen LogP contribution in [0.15, 0.2) is 27.4 Å². The van der Waals surface area contributed by atoms with Gasteiger partial charge in [-0.15, -0.1) is 0 Å². The number of rotatable bonds is 16. The van der Waals surface area contributed by atoms with E-state index in [9.17, 15) is 9.59 Å². The van der Waals surface area contributed by atoms with E-state index >= 15 is 0 Å². The van der Waals surface area contributed by atoms with Gasteiger partial charge in [-0.05, 0) is 43.9 Å². The average Bonchev–Trinajstić information content (AvgIpc) is 2.83. The van der Waals surface area contributed by atoms with Gasteiger partial charge in [-0.2, -0.15) is 5.26 Å². The van der Waals surface area contributed by atoms with Crippen LogP contribution >= 0.6 is 0 Å². The molecule has 0 amide bonds. The number of nitrogens with zero attached hydrogens (tertiary/aromatic N) is 1. The van der Waals surface area contributed by atoms with Crippen LogP contribution in [0.25, 0.3) is 11.0 Å². The molecule has 1 unspecified atom stereocenters. The van der Waals surface area contributed by atoms with E-state index < -0.39 is 5.63 Å². The first kappa shape index (κ1) is 27.4. The van der Waals surface area contributed by atoms with Crippen LogP contribution in [0.5, 0.6) is 5.75 Å². The molecule has 186 valence electrons. The number of carbonyl (C=O) groups is 1. The standard InChI is InChI=1S/C28H39NO5/c1-4-21(2)27(30)33-18-14-12-10-8-6-5-7-9-11-13-17-32-23-15-16-24-22(3)25(20-29)28(31)34-26(24)19-23/h15-16,19,21H,4-14,17-18H2,1-3H3. The molecule has 6 heteroatoms. The molecule has 0 fully saturated rings. The molecule has 0 aliphatic rings. The predicted octanol–water partition coefficient (Wildman–Crippen LogP) is 6.84. The normalized spacial score (nSPS) is 11.8. The second-order valence-corrected chi connectivity index (χ2v) is 9.02. The number of hydrogen-bond acceptors (Lipinski definition) is 6. The lowest BCUT2D eigenvalue weighted by atomic mass is 10.1. The number of benzene rings is 1. The fraction of sp³-hybridized carbons (Fsp3) is 0.607. The summed E-state index contributed by atoms with van der Waals surface area (Å²) in [5.74, 6) is 0.622. The van der Waals surface area contributed by atoms with Crippen molar-refractivity contribution in [3.8, 4) is 11.8 Å². The smallest absolute Gasteiger partial charge is 0.354 e. The van der Waals surface area contributed by atoms with Crippen LogP contribution in [0.3, 0.4) is 0 Å². The van der Waals surface area contributed by atoms with Gasteiger partial charge in [0.1, 0.15) is 23.0 Å². The Morgan fingerprint density at radius 1 is 1.00 bits per heavy atom. The summed E-state index contributed by atoms with van der Waals surface area (Å²) in [5.41, 5.74) is 0.544. The molecule has 0 radical (unpaired) electrons. The van der Waals surface area contributed by atoms with Crippen LogP contribution in [-0.4, -0.2) is 19.2 Å². The summed E-state index contributed by atoms with van der Waals surface area (Å²) in [5, 5.41) is 9.85. The fourth-order valence-corrected chi connectivity index (χ4v) is 3.84. The second kappa shape index (κ2) is 15.2. The van der Waals surface area contributed by atoms with Crippen LogP contribution in [0.1, 0.15) is 95.6 Å². The monoisotopic (exact) mass is 469 g/mol. The molecule has 2 aromatic rings. The summed E-state index contributed by atoms with van der Waals surface area (Å²) in [4.78, 5) is 23.5. The molecule has 1 heterocycles. The minimum absolute atomic E-state index is 0.0123. The molecule has 0 saturated carbocycles. The van der Waals surface area contributed by atoms with E-state index in [1.165, 1.54) is 38.5 Å². The average molecular weight is 470 g/mol. The van der Waals surface area contributed by atoms with Crippen LogP contribution in [0.4, 0.5) is 0 Å². The molecular formula is C28H39NO5. The highest BCUT2D eigenvalue weighted by molar-refractivity contribution is 5.83. The van der Waals surface area contributed by atoms with Gasteiger partial charge < -0.3 is 13.9 Å². The number of nitriles is 1. The highest BCUT2D eigenvalue weighted by Gasteiger charge is 2.12. The van der Waals surface area contributed by atoms with Crippen LogP contribution in [0, 0.1) is 24.2 Å². The third-order valence-electron chi connectivity index (χ3n) is 6.32. The van der Waals surface area contributed by atoms with Gasteiger partial charge in [-0.25, -0.2) is 4.79 Å². The second-order valence-electron chi connectivity index (χ2n) is 9.02. The molecular weight excluding hydrogens is 430 g/mol. The fourth-order valence-electron chi connectivity index (χ4n) is 3.84. The summed E-state index contributed by atoms with van der Waals surface area (Å²) in [6.45, 7) is 6.86. The molecule has 0 aliphatic heterocycles. The van der Waals surface area contributed by atoms with Crippen LogP contribution in [-0.2, 0) is 9.53 Å². The molecule has 1 aromatic heterocycles. The molecule has 0 aliphatic carbocycles. The Morgan fingerprint density at radius 2 is 1.59 bits per heavy atom. The lowest BCUT2D eigenvalue weighted by molar-refractivity contribution is -0.148. The highest BCUT2D eigenvalue weighted by atomic mass is 16.5. The summed E-state index contributed by atoms with van der Waals surface area (Å²) in [6.07, 6.45) is 12.5. The van der Waals surface area contributed by atoms with Crippen molar-refractivity contribution in [1.29, 1.82) is 5.26 Å². The minimum Gasteiger partial charge on any atom is -0.493 e. The van der Waals surface area contributed by atoms with E-state index in [0.29, 0.717) is 30.1 Å².